The average Bonchev–Trinajstić information content (AvgIpc) is 3.38. The van der Waals surface area contributed by atoms with Gasteiger partial charge in [-0.25, -0.2) is 0 Å². The van der Waals surface area contributed by atoms with Gasteiger partial charge in [0.15, 0.2) is 0 Å². The van der Waals surface area contributed by atoms with Crippen molar-refractivity contribution in [2.24, 2.45) is 0 Å². The summed E-state index contributed by atoms with van der Waals surface area (Å²) in [5.41, 5.74) is 0. The van der Waals surface area contributed by atoms with Crippen LogP contribution in [0, 0.1) is 0 Å². The molecule has 31 heavy (non-hydrogen) atoms. The first-order valence-corrected chi connectivity index (χ1v) is 12.9. The second-order valence-electron chi connectivity index (χ2n) is 5.72. The molecule has 0 unspecified atom stereocenters. The van der Waals surface area contributed by atoms with Gasteiger partial charge >= 0.3 is 23.1 Å². The van der Waals surface area contributed by atoms with E-state index in [0.717, 1.165) is 36.6 Å². The van der Waals surface area contributed by atoms with Crippen molar-refractivity contribution in [3.8, 4) is 0 Å². The van der Waals surface area contributed by atoms with E-state index in [1.807, 2.05) is 58.9 Å². The zero-order valence-corrected chi connectivity index (χ0v) is 23.3. The van der Waals surface area contributed by atoms with Crippen LogP contribution in [0.5, 0.6) is 0 Å². The van der Waals surface area contributed by atoms with Crippen LogP contribution in [0.1, 0.15) is 9.75 Å². The third-order valence-corrected chi connectivity index (χ3v) is 8.13. The molecule has 13 heteroatoms. The molecule has 0 saturated carbocycles. The summed E-state index contributed by atoms with van der Waals surface area (Å²) in [7, 11) is 3.70. The number of carbonyl (C=O) groups excluding carboxylic acids is 2. The van der Waals surface area contributed by atoms with Crippen molar-refractivity contribution < 1.29 is 19.8 Å². The number of hydrogen-bond acceptors (Lipinski definition) is 10. The maximum absolute atomic E-state index is 10.2. The van der Waals surface area contributed by atoms with Crippen LogP contribution in [-0.4, -0.2) is 79.0 Å². The summed E-state index contributed by atoms with van der Waals surface area (Å²) in [6.45, 7) is 1.44. The molecule has 2 aromatic heterocycles. The molecule has 2 aromatic rings. The van der Waals surface area contributed by atoms with E-state index < -0.39 is 11.9 Å². The number of nitrogens with zero attached hydrogens (tertiary/aromatic N) is 2. The van der Waals surface area contributed by atoms with Crippen molar-refractivity contribution >= 4 is 114 Å². The van der Waals surface area contributed by atoms with Crippen molar-refractivity contribution in [2.75, 3.05) is 25.6 Å². The molecule has 0 aliphatic rings. The Morgan fingerprint density at radius 2 is 1.23 bits per heavy atom. The molecular formula is C18H20MgN2O4S6. The van der Waals surface area contributed by atoms with Gasteiger partial charge in [-0.3, -0.25) is 0 Å². The van der Waals surface area contributed by atoms with Gasteiger partial charge in [0.05, 0.1) is 25.0 Å². The van der Waals surface area contributed by atoms with Gasteiger partial charge in [-0.05, 0) is 22.9 Å². The van der Waals surface area contributed by atoms with E-state index in [-0.39, 0.29) is 34.6 Å². The molecule has 0 amide bonds. The zero-order valence-electron chi connectivity index (χ0n) is 17.0. The molecule has 164 valence electrons. The molecule has 2 heterocycles. The smallest absolute Gasteiger partial charge is 0.549 e. The Hall–Kier alpha value is -0.414. The van der Waals surface area contributed by atoms with Crippen LogP contribution in [0.15, 0.2) is 35.0 Å². The monoisotopic (exact) mass is 544 g/mol. The molecule has 0 N–H and O–H groups in total. The van der Waals surface area contributed by atoms with Crippen molar-refractivity contribution in [3.05, 3.63) is 44.8 Å². The number of carboxylic acids is 2. The first-order valence-electron chi connectivity index (χ1n) is 8.39. The molecule has 0 fully saturated rings. The van der Waals surface area contributed by atoms with Crippen LogP contribution < -0.4 is 10.2 Å². The van der Waals surface area contributed by atoms with Gasteiger partial charge in [-0.15, -0.1) is 22.7 Å². The standard InChI is InChI=1S/2C9H11NO2S3.Mg/c2*1-10(5-7-3-2-4-14-7)9(13)15-6-8(11)12;/h2*2-4H,5-6H2,1H3,(H,11,12);/q;;+2/p-2. The molecule has 6 nitrogen and oxygen atoms in total. The van der Waals surface area contributed by atoms with Gasteiger partial charge in [0.2, 0.25) is 0 Å². The Morgan fingerprint density at radius 1 is 0.871 bits per heavy atom. The van der Waals surface area contributed by atoms with Crippen LogP contribution in [0.25, 0.3) is 0 Å². The van der Waals surface area contributed by atoms with Gasteiger partial charge in [0, 0.05) is 35.4 Å². The average molecular weight is 545 g/mol. The first kappa shape index (κ1) is 30.6. The molecule has 0 spiro atoms. The Balaban J connectivity index is 0.000000562. The Labute approximate surface area is 225 Å². The van der Waals surface area contributed by atoms with E-state index in [1.165, 1.54) is 9.75 Å². The minimum atomic E-state index is -1.09. The van der Waals surface area contributed by atoms with Crippen molar-refractivity contribution in [1.29, 1.82) is 0 Å². The summed E-state index contributed by atoms with van der Waals surface area (Å²) < 4.78 is 1.15. The molecule has 0 aliphatic heterocycles. The molecule has 0 bridgehead atoms. The summed E-state index contributed by atoms with van der Waals surface area (Å²) in [6, 6.07) is 8.00. The number of thiocarbonyl (C=S) groups is 2. The summed E-state index contributed by atoms with van der Waals surface area (Å²) in [4.78, 5) is 26.6. The molecule has 0 radical (unpaired) electrons. The van der Waals surface area contributed by atoms with E-state index >= 15 is 0 Å². The van der Waals surface area contributed by atoms with Gasteiger partial charge < -0.3 is 29.6 Å². The molecule has 0 atom stereocenters. The molecule has 0 aromatic carbocycles. The van der Waals surface area contributed by atoms with Crippen LogP contribution in [0.4, 0.5) is 0 Å². The fraction of sp³-hybridized carbons (Fsp3) is 0.333. The number of hydrogen-bond donors (Lipinski definition) is 0. The molecular weight excluding hydrogens is 525 g/mol. The summed E-state index contributed by atoms with van der Waals surface area (Å²) in [5.74, 6) is -2.36. The van der Waals surface area contributed by atoms with Gasteiger partial charge in [-0.2, -0.15) is 0 Å². The number of thiophene rings is 2. The van der Waals surface area contributed by atoms with Crippen molar-refractivity contribution in [3.63, 3.8) is 0 Å². The molecule has 0 aliphatic carbocycles. The van der Waals surface area contributed by atoms with E-state index in [1.54, 1.807) is 22.7 Å². The first-order chi connectivity index (χ1) is 14.2. The van der Waals surface area contributed by atoms with Gasteiger partial charge in [0.1, 0.15) is 8.64 Å². The quantitative estimate of drug-likeness (QED) is 0.360. The maximum Gasteiger partial charge on any atom is 2.00 e. The van der Waals surface area contributed by atoms with Gasteiger partial charge in [-0.1, -0.05) is 60.1 Å². The van der Waals surface area contributed by atoms with Crippen LogP contribution in [-0.2, 0) is 22.7 Å². The second-order valence-corrected chi connectivity index (χ2v) is 11.0. The van der Waals surface area contributed by atoms with E-state index in [9.17, 15) is 19.8 Å². The largest absolute Gasteiger partial charge is 2.00 e. The van der Waals surface area contributed by atoms with E-state index in [0.29, 0.717) is 8.64 Å². The minimum absolute atomic E-state index is 0. The normalized spacial score (nSPS) is 9.61. The number of aliphatic carboxylic acids is 2. The van der Waals surface area contributed by atoms with Crippen LogP contribution in [0.3, 0.4) is 0 Å². The van der Waals surface area contributed by atoms with E-state index in [2.05, 4.69) is 0 Å². The zero-order chi connectivity index (χ0) is 22.5. The predicted octanol–water partition coefficient (Wildman–Crippen LogP) is 1.51. The number of carboxylic acid groups (broad SMARTS) is 2. The third kappa shape index (κ3) is 14.4. The molecule has 0 saturated heterocycles. The predicted molar refractivity (Wildman–Crippen MR) is 137 cm³/mol. The van der Waals surface area contributed by atoms with Crippen LogP contribution >= 0.6 is 70.6 Å². The topological polar surface area (TPSA) is 86.7 Å². The number of carbonyl (C=O) groups is 2. The minimum Gasteiger partial charge on any atom is -0.549 e. The third-order valence-electron chi connectivity index (χ3n) is 3.20. The SMILES string of the molecule is CN(Cc1cccs1)C(=S)SCC(=O)[O-].CN(Cc1cccs1)C(=S)SCC(=O)[O-].[Mg+2]. The maximum atomic E-state index is 10.2. The summed E-state index contributed by atoms with van der Waals surface area (Å²) >= 11 is 15.7. The summed E-state index contributed by atoms with van der Waals surface area (Å²) in [6.07, 6.45) is 0. The molecule has 2 rings (SSSR count). The fourth-order valence-corrected chi connectivity index (χ4v) is 4.91. The van der Waals surface area contributed by atoms with Crippen molar-refractivity contribution in [1.82, 2.24) is 9.80 Å². The summed E-state index contributed by atoms with van der Waals surface area (Å²) in [5, 5.41) is 24.5. The Morgan fingerprint density at radius 3 is 1.48 bits per heavy atom. The van der Waals surface area contributed by atoms with Crippen LogP contribution in [0.2, 0.25) is 0 Å². The number of rotatable bonds is 8. The van der Waals surface area contributed by atoms with Gasteiger partial charge in [0.25, 0.3) is 0 Å². The Bertz CT molecular complexity index is 749. The number of thioether (sulfide) groups is 2. The van der Waals surface area contributed by atoms with E-state index in [4.69, 9.17) is 24.4 Å². The Kier molecular flexibility index (Phi) is 16.9. The van der Waals surface area contributed by atoms with Crippen molar-refractivity contribution in [2.45, 2.75) is 13.1 Å². The fourth-order valence-electron chi connectivity index (χ4n) is 1.86. The second kappa shape index (κ2) is 17.1.